The van der Waals surface area contributed by atoms with Crippen LogP contribution in [-0.4, -0.2) is 28.4 Å². The minimum atomic E-state index is 0.0161. The lowest BCUT2D eigenvalue weighted by atomic mass is 10.1. The monoisotopic (exact) mass is 228 g/mol. The van der Waals surface area contributed by atoms with E-state index in [1.54, 1.807) is 16.8 Å². The molecule has 0 radical (unpaired) electrons. The Balaban J connectivity index is 2.99. The zero-order valence-corrected chi connectivity index (χ0v) is 10.9. The number of aliphatic imine (C=N–C) groups is 2. The van der Waals surface area contributed by atoms with Crippen molar-refractivity contribution in [3.05, 3.63) is 0 Å². The second-order valence-corrected chi connectivity index (χ2v) is 5.08. The molecule has 0 aromatic heterocycles. The second-order valence-electron chi connectivity index (χ2n) is 4.31. The van der Waals surface area contributed by atoms with Crippen molar-refractivity contribution in [3.63, 3.8) is 0 Å². The highest BCUT2D eigenvalue weighted by molar-refractivity contribution is 8.13. The van der Waals surface area contributed by atoms with Crippen molar-refractivity contribution in [2.75, 3.05) is 6.26 Å². The first kappa shape index (κ1) is 12.5. The predicted molar refractivity (Wildman–Crippen MR) is 67.9 cm³/mol. The average Bonchev–Trinajstić information content (AvgIpc) is 2.17. The van der Waals surface area contributed by atoms with E-state index < -0.39 is 0 Å². The number of nitrogens with two attached hydrogens (primary N) is 1. The van der Waals surface area contributed by atoms with Gasteiger partial charge in [-0.3, -0.25) is 5.01 Å². The van der Waals surface area contributed by atoms with E-state index in [9.17, 15) is 0 Å². The fraction of sp³-hybridized carbons (Fsp3) is 0.800. The Morgan fingerprint density at radius 3 is 2.33 bits per heavy atom. The second kappa shape index (κ2) is 4.99. The number of thioether (sulfide) groups is 1. The van der Waals surface area contributed by atoms with Gasteiger partial charge < -0.3 is 0 Å². The third kappa shape index (κ3) is 2.72. The molecule has 0 bridgehead atoms. The van der Waals surface area contributed by atoms with Crippen LogP contribution in [0.1, 0.15) is 27.7 Å². The lowest BCUT2D eigenvalue weighted by Gasteiger charge is -2.33. The summed E-state index contributed by atoms with van der Waals surface area (Å²) in [5, 5.41) is 2.52. The maximum Gasteiger partial charge on any atom is 0.181 e. The first-order chi connectivity index (χ1) is 6.97. The quantitative estimate of drug-likeness (QED) is 0.735. The summed E-state index contributed by atoms with van der Waals surface area (Å²) in [5.74, 6) is 7.61. The van der Waals surface area contributed by atoms with Gasteiger partial charge in [0.05, 0.1) is 0 Å². The highest BCUT2D eigenvalue weighted by atomic mass is 32.2. The van der Waals surface area contributed by atoms with Crippen LogP contribution in [0, 0.1) is 11.8 Å². The molecular formula is C10H20N4S. The van der Waals surface area contributed by atoms with Gasteiger partial charge in [-0.05, 0) is 12.2 Å². The molecule has 1 aliphatic heterocycles. The van der Waals surface area contributed by atoms with Gasteiger partial charge in [0.2, 0.25) is 0 Å². The van der Waals surface area contributed by atoms with E-state index in [2.05, 4.69) is 37.7 Å². The van der Waals surface area contributed by atoms with E-state index >= 15 is 0 Å². The van der Waals surface area contributed by atoms with E-state index in [0.29, 0.717) is 11.8 Å². The Morgan fingerprint density at radius 1 is 1.33 bits per heavy atom. The van der Waals surface area contributed by atoms with Crippen LogP contribution in [-0.2, 0) is 0 Å². The van der Waals surface area contributed by atoms with E-state index in [0.717, 1.165) is 11.0 Å². The van der Waals surface area contributed by atoms with Crippen LogP contribution in [0.3, 0.4) is 0 Å². The van der Waals surface area contributed by atoms with Crippen LogP contribution in [0.15, 0.2) is 9.98 Å². The zero-order chi connectivity index (χ0) is 11.6. The number of hydrogen-bond acceptors (Lipinski definition) is 5. The van der Waals surface area contributed by atoms with Gasteiger partial charge in [-0.1, -0.05) is 39.5 Å². The Kier molecular flexibility index (Phi) is 4.16. The normalized spacial score (nSPS) is 22.1. The molecule has 0 spiro atoms. The maximum atomic E-state index is 5.97. The largest absolute Gasteiger partial charge is 0.264 e. The highest BCUT2D eigenvalue weighted by Gasteiger charge is 2.26. The molecule has 86 valence electrons. The Labute approximate surface area is 96.0 Å². The third-order valence-corrected chi connectivity index (χ3v) is 2.94. The maximum absolute atomic E-state index is 5.97. The van der Waals surface area contributed by atoms with Gasteiger partial charge in [0.25, 0.3) is 0 Å². The Hall–Kier alpha value is -0.550. The molecule has 0 amide bonds. The van der Waals surface area contributed by atoms with Crippen LogP contribution in [0.5, 0.6) is 0 Å². The van der Waals surface area contributed by atoms with Crippen molar-refractivity contribution in [1.29, 1.82) is 0 Å². The van der Waals surface area contributed by atoms with Crippen LogP contribution >= 0.6 is 11.8 Å². The van der Waals surface area contributed by atoms with E-state index in [1.807, 2.05) is 6.26 Å². The molecule has 0 saturated carbocycles. The van der Waals surface area contributed by atoms with Crippen molar-refractivity contribution >= 4 is 22.8 Å². The first-order valence-corrected chi connectivity index (χ1v) is 6.44. The van der Waals surface area contributed by atoms with Gasteiger partial charge >= 0.3 is 0 Å². The highest BCUT2D eigenvalue weighted by Crippen LogP contribution is 2.20. The lowest BCUT2D eigenvalue weighted by Crippen LogP contribution is -2.49. The molecule has 1 rings (SSSR count). The Bertz CT molecular complexity index is 283. The van der Waals surface area contributed by atoms with Crippen LogP contribution in [0.4, 0.5) is 0 Å². The molecule has 0 fully saturated rings. The molecule has 5 heteroatoms. The van der Waals surface area contributed by atoms with Crippen LogP contribution in [0.25, 0.3) is 0 Å². The molecule has 4 nitrogen and oxygen atoms in total. The summed E-state index contributed by atoms with van der Waals surface area (Å²) in [7, 11) is 0. The first-order valence-electron chi connectivity index (χ1n) is 5.21. The molecule has 15 heavy (non-hydrogen) atoms. The van der Waals surface area contributed by atoms with Gasteiger partial charge in [-0.25, -0.2) is 15.8 Å². The summed E-state index contributed by atoms with van der Waals surface area (Å²) in [6, 6.07) is 0. The van der Waals surface area contributed by atoms with Gasteiger partial charge in [0.15, 0.2) is 5.17 Å². The fourth-order valence-electron chi connectivity index (χ4n) is 1.39. The summed E-state index contributed by atoms with van der Waals surface area (Å²) in [6.07, 6.45) is 2.00. The summed E-state index contributed by atoms with van der Waals surface area (Å²) >= 11 is 1.57. The number of hydrazine groups is 1. The van der Waals surface area contributed by atoms with E-state index in [-0.39, 0.29) is 6.17 Å². The van der Waals surface area contributed by atoms with Crippen molar-refractivity contribution in [2.24, 2.45) is 27.7 Å². The summed E-state index contributed by atoms with van der Waals surface area (Å²) in [6.45, 7) is 8.44. The minimum absolute atomic E-state index is 0.0161. The average molecular weight is 228 g/mol. The lowest BCUT2D eigenvalue weighted by molar-refractivity contribution is 0.261. The van der Waals surface area contributed by atoms with Gasteiger partial charge in [-0.2, -0.15) is 0 Å². The van der Waals surface area contributed by atoms with Crippen LogP contribution < -0.4 is 5.84 Å². The summed E-state index contributed by atoms with van der Waals surface area (Å²) in [5.41, 5.74) is 0. The molecule has 1 aliphatic rings. The molecule has 0 aromatic rings. The third-order valence-electron chi connectivity index (χ3n) is 2.28. The fourth-order valence-corrected chi connectivity index (χ4v) is 1.90. The molecular weight excluding hydrogens is 208 g/mol. The molecule has 2 N–H and O–H groups in total. The Morgan fingerprint density at radius 2 is 1.93 bits per heavy atom. The van der Waals surface area contributed by atoms with Crippen molar-refractivity contribution in [2.45, 2.75) is 33.9 Å². The minimum Gasteiger partial charge on any atom is -0.264 e. The molecule has 1 unspecified atom stereocenters. The number of nitrogens with zero attached hydrogens (tertiary/aromatic N) is 3. The smallest absolute Gasteiger partial charge is 0.181 e. The van der Waals surface area contributed by atoms with E-state index in [4.69, 9.17) is 5.84 Å². The molecule has 1 heterocycles. The van der Waals surface area contributed by atoms with Gasteiger partial charge in [0.1, 0.15) is 12.0 Å². The summed E-state index contributed by atoms with van der Waals surface area (Å²) in [4.78, 5) is 9.02. The zero-order valence-electron chi connectivity index (χ0n) is 10.1. The molecule has 0 saturated heterocycles. The standard InChI is InChI=1S/C10H20N4S/c1-6(2)8-12-9(7(3)4)14(11)10(13-8)15-5/h6-7,9H,11H2,1-5H3. The van der Waals surface area contributed by atoms with Crippen LogP contribution in [0.2, 0.25) is 0 Å². The summed E-state index contributed by atoms with van der Waals surface area (Å²) < 4.78 is 0. The molecule has 0 aromatic carbocycles. The van der Waals surface area contributed by atoms with Crippen molar-refractivity contribution in [3.8, 4) is 0 Å². The van der Waals surface area contributed by atoms with Crippen molar-refractivity contribution in [1.82, 2.24) is 5.01 Å². The van der Waals surface area contributed by atoms with Crippen molar-refractivity contribution < 1.29 is 0 Å². The van der Waals surface area contributed by atoms with Gasteiger partial charge in [0, 0.05) is 5.92 Å². The van der Waals surface area contributed by atoms with E-state index in [1.165, 1.54) is 0 Å². The predicted octanol–water partition coefficient (Wildman–Crippen LogP) is 1.93. The topological polar surface area (TPSA) is 54.0 Å². The number of rotatable bonds is 2. The SMILES string of the molecule is CSC1=NC(C(C)C)=NC(C(C)C)N1N. The van der Waals surface area contributed by atoms with Gasteiger partial charge in [-0.15, -0.1) is 0 Å². The molecule has 1 atom stereocenters. The molecule has 0 aliphatic carbocycles. The number of amidine groups is 2. The number of hydrogen-bond donors (Lipinski definition) is 1.